The first kappa shape index (κ1) is 15.5. The van der Waals surface area contributed by atoms with Gasteiger partial charge < -0.3 is 19.9 Å². The van der Waals surface area contributed by atoms with Gasteiger partial charge in [0, 0.05) is 18.2 Å². The summed E-state index contributed by atoms with van der Waals surface area (Å²) in [5, 5.41) is 11.6. The number of carboxylic acids is 1. The Morgan fingerprint density at radius 2 is 2.05 bits per heavy atom. The van der Waals surface area contributed by atoms with E-state index in [4.69, 9.17) is 14.6 Å². The maximum absolute atomic E-state index is 12.0. The fourth-order valence-corrected chi connectivity index (χ4v) is 2.04. The molecule has 0 saturated carbocycles. The monoisotopic (exact) mass is 293 g/mol. The molecule has 0 aliphatic carbocycles. The van der Waals surface area contributed by atoms with Gasteiger partial charge in [0.15, 0.2) is 0 Å². The number of nitrogens with one attached hydrogen (secondary N) is 1. The Morgan fingerprint density at radius 1 is 1.38 bits per heavy atom. The third-order valence-corrected chi connectivity index (χ3v) is 3.24. The summed E-state index contributed by atoms with van der Waals surface area (Å²) in [6.07, 6.45) is 0.997. The summed E-state index contributed by atoms with van der Waals surface area (Å²) in [5.74, 6) is -1.26. The number of amides is 1. The molecule has 2 N–H and O–H groups in total. The molecule has 1 aromatic rings. The van der Waals surface area contributed by atoms with E-state index < -0.39 is 5.97 Å². The lowest BCUT2D eigenvalue weighted by Crippen LogP contribution is -2.37. The van der Waals surface area contributed by atoms with Gasteiger partial charge in [-0.1, -0.05) is 0 Å². The van der Waals surface area contributed by atoms with E-state index in [9.17, 15) is 9.59 Å². The van der Waals surface area contributed by atoms with Crippen LogP contribution in [-0.2, 0) is 9.47 Å². The Labute approximate surface area is 123 Å². The van der Waals surface area contributed by atoms with Crippen LogP contribution in [0.5, 0.6) is 0 Å². The summed E-state index contributed by atoms with van der Waals surface area (Å²) >= 11 is 0. The number of rotatable bonds is 6. The molecule has 6 nitrogen and oxygen atoms in total. The normalized spacial score (nSPS) is 19.2. The van der Waals surface area contributed by atoms with Crippen LogP contribution in [0, 0.1) is 0 Å². The number of hydrogen-bond donors (Lipinski definition) is 2. The second kappa shape index (κ2) is 7.19. The predicted octanol–water partition coefficient (Wildman–Crippen LogP) is 1.31. The molecule has 1 heterocycles. The Kier molecular flexibility index (Phi) is 5.30. The molecule has 1 amide bonds. The van der Waals surface area contributed by atoms with Gasteiger partial charge in [0.1, 0.15) is 0 Å². The number of benzene rings is 1. The van der Waals surface area contributed by atoms with E-state index in [-0.39, 0.29) is 23.6 Å². The van der Waals surface area contributed by atoms with E-state index in [1.54, 1.807) is 0 Å². The Hall–Kier alpha value is -1.92. The van der Waals surface area contributed by atoms with Crippen LogP contribution in [0.25, 0.3) is 0 Å². The van der Waals surface area contributed by atoms with Gasteiger partial charge in [-0.2, -0.15) is 0 Å². The average Bonchev–Trinajstić information content (AvgIpc) is 2.98. The molecular formula is C15H19NO5. The third-order valence-electron chi connectivity index (χ3n) is 3.24. The molecule has 1 fully saturated rings. The van der Waals surface area contributed by atoms with E-state index in [1.807, 2.05) is 6.92 Å². The Bertz CT molecular complexity index is 493. The van der Waals surface area contributed by atoms with Gasteiger partial charge in [-0.05, 0) is 37.6 Å². The van der Waals surface area contributed by atoms with Gasteiger partial charge in [-0.15, -0.1) is 0 Å². The lowest BCUT2D eigenvalue weighted by molar-refractivity contribution is 0.0318. The van der Waals surface area contributed by atoms with Crippen molar-refractivity contribution in [3.05, 3.63) is 35.4 Å². The molecule has 0 radical (unpaired) electrons. The number of carbonyl (C=O) groups is 2. The van der Waals surface area contributed by atoms with Crippen LogP contribution in [0.4, 0.5) is 0 Å². The molecule has 1 aliphatic heterocycles. The molecule has 1 aromatic carbocycles. The zero-order valence-electron chi connectivity index (χ0n) is 11.9. The van der Waals surface area contributed by atoms with Crippen LogP contribution >= 0.6 is 0 Å². The molecule has 114 valence electrons. The highest BCUT2D eigenvalue weighted by Crippen LogP contribution is 2.09. The molecule has 0 spiro atoms. The van der Waals surface area contributed by atoms with Crippen LogP contribution in [0.15, 0.2) is 24.3 Å². The van der Waals surface area contributed by atoms with Gasteiger partial charge in [-0.3, -0.25) is 4.79 Å². The van der Waals surface area contributed by atoms with Gasteiger partial charge >= 0.3 is 5.97 Å². The van der Waals surface area contributed by atoms with Crippen molar-refractivity contribution in [1.29, 1.82) is 0 Å². The van der Waals surface area contributed by atoms with Gasteiger partial charge in [-0.25, -0.2) is 4.79 Å². The first-order valence-corrected chi connectivity index (χ1v) is 6.90. The second-order valence-electron chi connectivity index (χ2n) is 5.08. The number of aromatic carboxylic acids is 1. The molecule has 1 aliphatic rings. The molecule has 6 heteroatoms. The zero-order chi connectivity index (χ0) is 15.2. The molecule has 2 rings (SSSR count). The minimum absolute atomic E-state index is 0.110. The Morgan fingerprint density at radius 3 is 2.62 bits per heavy atom. The molecule has 1 saturated heterocycles. The summed E-state index contributed by atoms with van der Waals surface area (Å²) in [4.78, 5) is 22.7. The molecule has 0 bridgehead atoms. The third kappa shape index (κ3) is 4.54. The number of carbonyl (C=O) groups excluding carboxylic acids is 1. The lowest BCUT2D eigenvalue weighted by Gasteiger charge is -2.17. The molecule has 21 heavy (non-hydrogen) atoms. The molecule has 0 unspecified atom stereocenters. The smallest absolute Gasteiger partial charge is 0.335 e. The van der Waals surface area contributed by atoms with Crippen LogP contribution in [-0.4, -0.2) is 48.9 Å². The standard InChI is InChI=1S/C15H19NO5/c1-10(8-21-13-6-7-20-9-13)16-14(17)11-2-4-12(5-3-11)15(18)19/h2-5,10,13H,6-9H2,1H3,(H,16,17)(H,18,19)/t10-,13-/m1/s1. The van der Waals surface area contributed by atoms with Crippen molar-refractivity contribution in [2.24, 2.45) is 0 Å². The lowest BCUT2D eigenvalue weighted by atomic mass is 10.1. The number of carboxylic acid groups (broad SMARTS) is 1. The van der Waals surface area contributed by atoms with Gasteiger partial charge in [0.25, 0.3) is 5.91 Å². The van der Waals surface area contributed by atoms with Crippen molar-refractivity contribution in [2.45, 2.75) is 25.5 Å². The highest BCUT2D eigenvalue weighted by molar-refractivity contribution is 5.96. The first-order chi connectivity index (χ1) is 10.1. The van der Waals surface area contributed by atoms with Crippen molar-refractivity contribution in [3.8, 4) is 0 Å². The van der Waals surface area contributed by atoms with E-state index >= 15 is 0 Å². The summed E-state index contributed by atoms with van der Waals surface area (Å²) in [7, 11) is 0. The maximum Gasteiger partial charge on any atom is 0.335 e. The van der Waals surface area contributed by atoms with Crippen molar-refractivity contribution in [3.63, 3.8) is 0 Å². The van der Waals surface area contributed by atoms with Crippen molar-refractivity contribution >= 4 is 11.9 Å². The molecular weight excluding hydrogens is 274 g/mol. The summed E-state index contributed by atoms with van der Waals surface area (Å²) < 4.78 is 10.8. The van der Waals surface area contributed by atoms with E-state index in [0.717, 1.165) is 13.0 Å². The largest absolute Gasteiger partial charge is 0.478 e. The predicted molar refractivity (Wildman–Crippen MR) is 75.5 cm³/mol. The molecule has 0 aromatic heterocycles. The fraction of sp³-hybridized carbons (Fsp3) is 0.467. The van der Waals surface area contributed by atoms with E-state index in [1.165, 1.54) is 24.3 Å². The van der Waals surface area contributed by atoms with Gasteiger partial charge in [0.05, 0.1) is 24.9 Å². The van der Waals surface area contributed by atoms with Crippen molar-refractivity contribution < 1.29 is 24.2 Å². The van der Waals surface area contributed by atoms with Crippen molar-refractivity contribution in [1.82, 2.24) is 5.32 Å². The summed E-state index contributed by atoms with van der Waals surface area (Å²) in [5.41, 5.74) is 0.584. The van der Waals surface area contributed by atoms with Crippen LogP contribution in [0.1, 0.15) is 34.1 Å². The Balaban J connectivity index is 1.80. The minimum atomic E-state index is -1.01. The number of hydrogen-bond acceptors (Lipinski definition) is 4. The first-order valence-electron chi connectivity index (χ1n) is 6.90. The average molecular weight is 293 g/mol. The second-order valence-corrected chi connectivity index (χ2v) is 5.08. The minimum Gasteiger partial charge on any atom is -0.478 e. The van der Waals surface area contributed by atoms with Crippen LogP contribution in [0.2, 0.25) is 0 Å². The number of ether oxygens (including phenoxy) is 2. The SMILES string of the molecule is C[C@H](CO[C@@H]1CCOC1)NC(=O)c1ccc(C(=O)O)cc1. The quantitative estimate of drug-likeness (QED) is 0.826. The summed E-state index contributed by atoms with van der Waals surface area (Å²) in [6.45, 7) is 3.62. The van der Waals surface area contributed by atoms with E-state index in [0.29, 0.717) is 18.8 Å². The highest BCUT2D eigenvalue weighted by Gasteiger charge is 2.18. The van der Waals surface area contributed by atoms with Crippen molar-refractivity contribution in [2.75, 3.05) is 19.8 Å². The highest BCUT2D eigenvalue weighted by atomic mass is 16.5. The maximum atomic E-state index is 12.0. The molecule has 2 atom stereocenters. The van der Waals surface area contributed by atoms with E-state index in [2.05, 4.69) is 5.32 Å². The summed E-state index contributed by atoms with van der Waals surface area (Å²) in [6, 6.07) is 5.69. The topological polar surface area (TPSA) is 84.9 Å². The zero-order valence-corrected chi connectivity index (χ0v) is 11.9. The fourth-order valence-electron chi connectivity index (χ4n) is 2.04. The van der Waals surface area contributed by atoms with Crippen LogP contribution in [0.3, 0.4) is 0 Å². The van der Waals surface area contributed by atoms with Crippen LogP contribution < -0.4 is 5.32 Å². The van der Waals surface area contributed by atoms with Gasteiger partial charge in [0.2, 0.25) is 0 Å².